The third-order valence-corrected chi connectivity index (χ3v) is 5.03. The molecular weight excluding hydrogens is 400 g/mol. The van der Waals surface area contributed by atoms with Gasteiger partial charge in [-0.05, 0) is 23.8 Å². The molecule has 3 aromatic carbocycles. The Morgan fingerprint density at radius 1 is 0.812 bits per heavy atom. The van der Waals surface area contributed by atoms with Crippen molar-refractivity contribution in [1.29, 1.82) is 0 Å². The monoisotopic (exact) mass is 420 g/mol. The van der Waals surface area contributed by atoms with Gasteiger partial charge in [0.05, 0.1) is 5.39 Å². The van der Waals surface area contributed by atoms with Crippen molar-refractivity contribution in [2.24, 2.45) is 0 Å². The van der Waals surface area contributed by atoms with Crippen LogP contribution in [-0.4, -0.2) is 15.9 Å². The minimum atomic E-state index is -0.125. The largest absolute Gasteiger partial charge is 0.437 e. The van der Waals surface area contributed by atoms with Crippen molar-refractivity contribution in [3.05, 3.63) is 91.3 Å². The molecule has 0 saturated carbocycles. The molecule has 0 aliphatic heterocycles. The Morgan fingerprint density at radius 3 is 2.22 bits per heavy atom. The Morgan fingerprint density at radius 2 is 1.50 bits per heavy atom. The number of furan rings is 1. The van der Waals surface area contributed by atoms with Crippen LogP contribution < -0.4 is 10.6 Å². The normalized spacial score (nSPS) is 10.8. The number of hydrogen-bond donors (Lipinski definition) is 2. The van der Waals surface area contributed by atoms with Gasteiger partial charge in [0.25, 0.3) is 0 Å². The SMILES string of the molecule is CC(=O)Nc1cccc(Nc2ncnc3oc(-c4ccccc4)c(-c4ccccc4)c23)c1. The number of carbonyl (C=O) groups excluding carboxylic acids is 1. The summed E-state index contributed by atoms with van der Waals surface area (Å²) >= 11 is 0. The summed E-state index contributed by atoms with van der Waals surface area (Å²) < 4.78 is 6.25. The van der Waals surface area contributed by atoms with Gasteiger partial charge in [0, 0.05) is 29.4 Å². The molecule has 0 aliphatic rings. The van der Waals surface area contributed by atoms with Crippen LogP contribution in [0.5, 0.6) is 0 Å². The van der Waals surface area contributed by atoms with Crippen LogP contribution in [0.2, 0.25) is 0 Å². The van der Waals surface area contributed by atoms with E-state index >= 15 is 0 Å². The second-order valence-corrected chi connectivity index (χ2v) is 7.33. The van der Waals surface area contributed by atoms with E-state index in [9.17, 15) is 4.79 Å². The molecule has 1 amide bonds. The predicted octanol–water partition coefficient (Wildman–Crippen LogP) is 6.26. The van der Waals surface area contributed by atoms with Crippen molar-refractivity contribution >= 4 is 34.2 Å². The van der Waals surface area contributed by atoms with Crippen LogP contribution in [0.1, 0.15) is 6.92 Å². The van der Waals surface area contributed by atoms with Crippen LogP contribution in [-0.2, 0) is 4.79 Å². The molecule has 6 nitrogen and oxygen atoms in total. The Hall–Kier alpha value is -4.45. The third-order valence-electron chi connectivity index (χ3n) is 5.03. The standard InChI is InChI=1S/C26H20N4O2/c1-17(31)29-20-13-8-14-21(15-20)30-25-23-22(18-9-4-2-5-10-18)24(19-11-6-3-7-12-19)32-26(23)28-16-27-25/h2-16H,1H3,(H,29,31)(H,27,28,30). The molecular formula is C26H20N4O2. The lowest BCUT2D eigenvalue weighted by molar-refractivity contribution is -0.114. The fourth-order valence-corrected chi connectivity index (χ4v) is 3.72. The zero-order valence-electron chi connectivity index (χ0n) is 17.4. The zero-order chi connectivity index (χ0) is 21.9. The van der Waals surface area contributed by atoms with E-state index < -0.39 is 0 Å². The first-order chi connectivity index (χ1) is 15.7. The van der Waals surface area contributed by atoms with Crippen molar-refractivity contribution < 1.29 is 9.21 Å². The summed E-state index contributed by atoms with van der Waals surface area (Å²) in [5.74, 6) is 1.24. The highest BCUT2D eigenvalue weighted by atomic mass is 16.3. The van der Waals surface area contributed by atoms with E-state index in [4.69, 9.17) is 4.42 Å². The topological polar surface area (TPSA) is 80.0 Å². The number of amides is 1. The van der Waals surface area contributed by atoms with Crippen LogP contribution in [0.4, 0.5) is 17.2 Å². The molecule has 5 aromatic rings. The van der Waals surface area contributed by atoms with Gasteiger partial charge in [-0.25, -0.2) is 9.97 Å². The smallest absolute Gasteiger partial charge is 0.232 e. The van der Waals surface area contributed by atoms with Gasteiger partial charge in [-0.15, -0.1) is 0 Å². The first-order valence-electron chi connectivity index (χ1n) is 10.2. The third kappa shape index (κ3) is 3.81. The highest BCUT2D eigenvalue weighted by molar-refractivity contribution is 6.06. The van der Waals surface area contributed by atoms with Crippen molar-refractivity contribution in [1.82, 2.24) is 9.97 Å². The molecule has 6 heteroatoms. The molecule has 0 fully saturated rings. The van der Waals surface area contributed by atoms with E-state index in [0.29, 0.717) is 17.2 Å². The summed E-state index contributed by atoms with van der Waals surface area (Å²) in [6.45, 7) is 1.48. The van der Waals surface area contributed by atoms with E-state index in [-0.39, 0.29) is 5.91 Å². The van der Waals surface area contributed by atoms with Crippen molar-refractivity contribution in [2.75, 3.05) is 10.6 Å². The molecule has 2 heterocycles. The van der Waals surface area contributed by atoms with Gasteiger partial charge in [0.2, 0.25) is 11.6 Å². The lowest BCUT2D eigenvalue weighted by Gasteiger charge is -2.10. The van der Waals surface area contributed by atoms with E-state index in [1.54, 1.807) is 0 Å². The molecule has 2 N–H and O–H groups in total. The Labute approximate surface area is 185 Å². The van der Waals surface area contributed by atoms with Crippen LogP contribution in [0.15, 0.2) is 95.7 Å². The van der Waals surface area contributed by atoms with E-state index in [1.807, 2.05) is 84.9 Å². The van der Waals surface area contributed by atoms with Crippen molar-refractivity contribution in [3.63, 3.8) is 0 Å². The Bertz CT molecular complexity index is 1400. The average molecular weight is 420 g/mol. The number of nitrogens with zero attached hydrogens (tertiary/aromatic N) is 2. The number of anilines is 3. The lowest BCUT2D eigenvalue weighted by atomic mass is 9.99. The van der Waals surface area contributed by atoms with Crippen molar-refractivity contribution in [3.8, 4) is 22.5 Å². The van der Waals surface area contributed by atoms with E-state index in [1.165, 1.54) is 13.3 Å². The Balaban J connectivity index is 1.68. The molecule has 156 valence electrons. The maximum absolute atomic E-state index is 11.4. The van der Waals surface area contributed by atoms with Gasteiger partial charge >= 0.3 is 0 Å². The lowest BCUT2D eigenvalue weighted by Crippen LogP contribution is -2.05. The summed E-state index contributed by atoms with van der Waals surface area (Å²) in [5, 5.41) is 6.97. The summed E-state index contributed by atoms with van der Waals surface area (Å²) in [6.07, 6.45) is 1.48. The maximum Gasteiger partial charge on any atom is 0.232 e. The summed E-state index contributed by atoms with van der Waals surface area (Å²) in [6, 6.07) is 27.5. The first-order valence-corrected chi connectivity index (χ1v) is 10.2. The van der Waals surface area contributed by atoms with Crippen LogP contribution in [0.3, 0.4) is 0 Å². The quantitative estimate of drug-likeness (QED) is 0.351. The molecule has 0 saturated heterocycles. The molecule has 2 aromatic heterocycles. The fourth-order valence-electron chi connectivity index (χ4n) is 3.72. The maximum atomic E-state index is 11.4. The number of aromatic nitrogens is 2. The minimum Gasteiger partial charge on any atom is -0.437 e. The van der Waals surface area contributed by atoms with Gasteiger partial charge < -0.3 is 15.1 Å². The number of rotatable bonds is 5. The fraction of sp³-hybridized carbons (Fsp3) is 0.0385. The van der Waals surface area contributed by atoms with E-state index in [0.717, 1.165) is 33.5 Å². The molecule has 0 spiro atoms. The molecule has 0 aliphatic carbocycles. The van der Waals surface area contributed by atoms with Gasteiger partial charge in [0.1, 0.15) is 17.9 Å². The van der Waals surface area contributed by atoms with Crippen LogP contribution >= 0.6 is 0 Å². The number of nitrogens with one attached hydrogen (secondary N) is 2. The number of hydrogen-bond acceptors (Lipinski definition) is 5. The Kier molecular flexibility index (Phi) is 5.09. The molecule has 32 heavy (non-hydrogen) atoms. The molecule has 0 bridgehead atoms. The number of benzene rings is 3. The van der Waals surface area contributed by atoms with Gasteiger partial charge in [-0.1, -0.05) is 66.7 Å². The van der Waals surface area contributed by atoms with Crippen LogP contribution in [0, 0.1) is 0 Å². The molecule has 0 radical (unpaired) electrons. The van der Waals surface area contributed by atoms with E-state index in [2.05, 4.69) is 20.6 Å². The summed E-state index contributed by atoms with van der Waals surface area (Å²) in [4.78, 5) is 20.3. The van der Waals surface area contributed by atoms with Gasteiger partial charge in [0.15, 0.2) is 0 Å². The second kappa shape index (κ2) is 8.35. The molecule has 0 atom stereocenters. The highest BCUT2D eigenvalue weighted by Gasteiger charge is 2.22. The highest BCUT2D eigenvalue weighted by Crippen LogP contribution is 2.43. The zero-order valence-corrected chi connectivity index (χ0v) is 17.4. The first kappa shape index (κ1) is 19.5. The van der Waals surface area contributed by atoms with Gasteiger partial charge in [-0.3, -0.25) is 4.79 Å². The van der Waals surface area contributed by atoms with Crippen molar-refractivity contribution in [2.45, 2.75) is 6.92 Å². The number of fused-ring (bicyclic) bond motifs is 1. The average Bonchev–Trinajstić information content (AvgIpc) is 3.21. The summed E-state index contributed by atoms with van der Waals surface area (Å²) in [7, 11) is 0. The number of carbonyl (C=O) groups is 1. The predicted molar refractivity (Wildman–Crippen MR) is 127 cm³/mol. The minimum absolute atomic E-state index is 0.125. The second-order valence-electron chi connectivity index (χ2n) is 7.33. The van der Waals surface area contributed by atoms with Gasteiger partial charge in [-0.2, -0.15) is 0 Å². The molecule has 0 unspecified atom stereocenters. The molecule has 5 rings (SSSR count). The summed E-state index contributed by atoms with van der Waals surface area (Å²) in [5.41, 5.74) is 4.88. The van der Waals surface area contributed by atoms with Crippen LogP contribution in [0.25, 0.3) is 33.6 Å².